The minimum absolute atomic E-state index is 0.256. The zero-order valence-electron chi connectivity index (χ0n) is 20.3. The number of nitrogens with one attached hydrogen (secondary N) is 1. The highest BCUT2D eigenvalue weighted by molar-refractivity contribution is 6.00. The van der Waals surface area contributed by atoms with Crippen molar-refractivity contribution in [1.29, 1.82) is 0 Å². The maximum atomic E-state index is 14.2. The van der Waals surface area contributed by atoms with E-state index in [1.807, 2.05) is 0 Å². The lowest BCUT2D eigenvalue weighted by molar-refractivity contribution is -0.192. The highest BCUT2D eigenvalue weighted by Gasteiger charge is 2.69. The first kappa shape index (κ1) is 25.0. The van der Waals surface area contributed by atoms with Crippen LogP contribution in [0.3, 0.4) is 0 Å². The van der Waals surface area contributed by atoms with Crippen molar-refractivity contribution >= 4 is 28.4 Å². The van der Waals surface area contributed by atoms with Crippen LogP contribution in [-0.4, -0.2) is 33.8 Å². The fourth-order valence-corrected chi connectivity index (χ4v) is 5.27. The van der Waals surface area contributed by atoms with E-state index in [4.69, 9.17) is 0 Å². The number of amides is 2. The third-order valence-corrected chi connectivity index (χ3v) is 7.46. The van der Waals surface area contributed by atoms with Crippen molar-refractivity contribution in [3.63, 3.8) is 0 Å². The molecule has 3 aromatic carbocycles. The Labute approximate surface area is 219 Å². The molecule has 200 valence electrons. The molecule has 2 heterocycles. The summed E-state index contributed by atoms with van der Waals surface area (Å²) < 4.78 is 70.0. The Balaban J connectivity index is 1.37. The van der Waals surface area contributed by atoms with Gasteiger partial charge in [-0.25, -0.2) is 13.5 Å². The van der Waals surface area contributed by atoms with E-state index in [1.54, 1.807) is 47.3 Å². The molecule has 2 atom stereocenters. The number of carbonyl (C=O) groups excluding carboxylic acids is 2. The van der Waals surface area contributed by atoms with Crippen LogP contribution in [-0.2, 0) is 9.59 Å². The highest BCUT2D eigenvalue weighted by Crippen LogP contribution is 2.58. The molecule has 2 aliphatic rings. The number of aromatic nitrogens is 2. The largest absolute Gasteiger partial charge is 0.403 e. The molecule has 4 aromatic rings. The van der Waals surface area contributed by atoms with Gasteiger partial charge in [0.1, 0.15) is 17.0 Å². The molecule has 11 heteroatoms. The lowest BCUT2D eigenvalue weighted by Gasteiger charge is -2.30. The van der Waals surface area contributed by atoms with Gasteiger partial charge in [-0.2, -0.15) is 18.3 Å². The molecule has 39 heavy (non-hydrogen) atoms. The molecule has 2 fully saturated rings. The normalized spacial score (nSPS) is 20.4. The van der Waals surface area contributed by atoms with E-state index < -0.39 is 47.1 Å². The number of benzene rings is 3. The summed E-state index contributed by atoms with van der Waals surface area (Å²) in [5.74, 6) is -2.58. The van der Waals surface area contributed by atoms with Crippen molar-refractivity contribution in [2.24, 2.45) is 5.41 Å². The van der Waals surface area contributed by atoms with Gasteiger partial charge < -0.3 is 10.2 Å². The second-order valence-electron chi connectivity index (χ2n) is 9.90. The van der Waals surface area contributed by atoms with Crippen LogP contribution in [0.5, 0.6) is 0 Å². The molecule has 1 saturated heterocycles. The summed E-state index contributed by atoms with van der Waals surface area (Å²) in [5, 5.41) is 7.47. The van der Waals surface area contributed by atoms with E-state index in [9.17, 15) is 31.5 Å². The molecular weight excluding hydrogens is 519 g/mol. The van der Waals surface area contributed by atoms with E-state index in [2.05, 4.69) is 10.4 Å². The Bertz CT molecular complexity index is 1590. The van der Waals surface area contributed by atoms with Gasteiger partial charge in [0.2, 0.25) is 11.8 Å². The molecule has 1 aromatic heterocycles. The minimum atomic E-state index is -4.70. The van der Waals surface area contributed by atoms with Crippen molar-refractivity contribution in [3.05, 3.63) is 90.1 Å². The molecule has 1 N–H and O–H groups in total. The van der Waals surface area contributed by atoms with E-state index in [-0.39, 0.29) is 19.3 Å². The summed E-state index contributed by atoms with van der Waals surface area (Å²) in [6.45, 7) is 0. The number of nitrogens with zero attached hydrogens (tertiary/aromatic N) is 3. The number of rotatable bonds is 5. The van der Waals surface area contributed by atoms with Crippen LogP contribution < -0.4 is 10.2 Å². The summed E-state index contributed by atoms with van der Waals surface area (Å²) in [7, 11) is 0. The van der Waals surface area contributed by atoms with Gasteiger partial charge >= 0.3 is 6.18 Å². The summed E-state index contributed by atoms with van der Waals surface area (Å²) in [6.07, 6.45) is -4.02. The molecule has 2 amide bonds. The summed E-state index contributed by atoms with van der Waals surface area (Å²) in [5.41, 5.74) is -0.413. The minimum Gasteiger partial charge on any atom is -0.350 e. The molecule has 1 unspecified atom stereocenters. The highest BCUT2D eigenvalue weighted by atomic mass is 19.4. The Morgan fingerprint density at radius 1 is 0.949 bits per heavy atom. The van der Waals surface area contributed by atoms with Gasteiger partial charge in [0.05, 0.1) is 29.5 Å². The van der Waals surface area contributed by atoms with Gasteiger partial charge in [-0.15, -0.1) is 0 Å². The lowest BCUT2D eigenvalue weighted by Crippen LogP contribution is -2.47. The Hall–Kier alpha value is -4.28. The molecule has 6 rings (SSSR count). The Morgan fingerprint density at radius 2 is 1.67 bits per heavy atom. The zero-order valence-corrected chi connectivity index (χ0v) is 20.3. The van der Waals surface area contributed by atoms with E-state index in [0.29, 0.717) is 27.8 Å². The maximum absolute atomic E-state index is 14.2. The van der Waals surface area contributed by atoms with Crippen LogP contribution >= 0.6 is 0 Å². The number of alkyl halides is 3. The van der Waals surface area contributed by atoms with Crippen LogP contribution in [0, 0.1) is 17.0 Å². The fraction of sp³-hybridized carbons (Fsp3) is 0.250. The van der Waals surface area contributed by atoms with Gasteiger partial charge in [-0.05, 0) is 73.0 Å². The fourth-order valence-electron chi connectivity index (χ4n) is 5.27. The monoisotopic (exact) mass is 540 g/mol. The Kier molecular flexibility index (Phi) is 5.70. The van der Waals surface area contributed by atoms with Crippen molar-refractivity contribution in [3.8, 4) is 5.69 Å². The van der Waals surface area contributed by atoms with Gasteiger partial charge in [0.15, 0.2) is 0 Å². The number of anilines is 1. The molecule has 0 spiro atoms. The number of carbonyl (C=O) groups is 2. The third kappa shape index (κ3) is 4.21. The van der Waals surface area contributed by atoms with E-state index >= 15 is 0 Å². The van der Waals surface area contributed by atoms with Crippen LogP contribution in [0.25, 0.3) is 16.6 Å². The molecule has 1 aliphatic carbocycles. The summed E-state index contributed by atoms with van der Waals surface area (Å²) in [4.78, 5) is 27.5. The second kappa shape index (κ2) is 8.89. The molecule has 1 aliphatic heterocycles. The van der Waals surface area contributed by atoms with Crippen molar-refractivity contribution in [1.82, 2.24) is 15.1 Å². The molecular formula is C28H21F5N4O2. The van der Waals surface area contributed by atoms with Crippen LogP contribution in [0.1, 0.15) is 30.9 Å². The van der Waals surface area contributed by atoms with Crippen LogP contribution in [0.15, 0.2) is 72.9 Å². The van der Waals surface area contributed by atoms with Crippen molar-refractivity contribution in [2.45, 2.75) is 37.5 Å². The van der Waals surface area contributed by atoms with Crippen molar-refractivity contribution in [2.75, 3.05) is 4.90 Å². The summed E-state index contributed by atoms with van der Waals surface area (Å²) >= 11 is 0. The number of hydrogen-bond donors (Lipinski definition) is 1. The quantitative estimate of drug-likeness (QED) is 0.335. The predicted octanol–water partition coefficient (Wildman–Crippen LogP) is 5.61. The number of fused-ring (bicyclic) bond motifs is 1. The first-order valence-corrected chi connectivity index (χ1v) is 12.3. The van der Waals surface area contributed by atoms with Gasteiger partial charge in [0, 0.05) is 17.5 Å². The molecule has 0 bridgehead atoms. The molecule has 1 saturated carbocycles. The van der Waals surface area contributed by atoms with Gasteiger partial charge in [-0.3, -0.25) is 9.59 Å². The van der Waals surface area contributed by atoms with E-state index in [0.717, 1.165) is 0 Å². The Morgan fingerprint density at radius 3 is 2.33 bits per heavy atom. The summed E-state index contributed by atoms with van der Waals surface area (Å²) in [6, 6.07) is 14.3. The van der Waals surface area contributed by atoms with Gasteiger partial charge in [-0.1, -0.05) is 12.1 Å². The molecule has 6 nitrogen and oxygen atoms in total. The van der Waals surface area contributed by atoms with Crippen LogP contribution in [0.2, 0.25) is 0 Å². The van der Waals surface area contributed by atoms with E-state index in [1.165, 1.54) is 35.2 Å². The predicted molar refractivity (Wildman–Crippen MR) is 132 cm³/mol. The standard InChI is InChI=1S/C28H21F5N4O2/c29-18-4-6-20(7-5-18)37-23-9-8-21(13-17(23)15-34-37)36-24(38)14-22(25(36)16-2-1-3-19(30)12-16)35-26(39)27(10-11-27)28(31,32)33/h1-9,12-13,15,22,25H,10-11,14H2,(H,35,39)/t22-,25?/m0/s1. The first-order chi connectivity index (χ1) is 18.6. The maximum Gasteiger partial charge on any atom is 0.403 e. The zero-order chi connectivity index (χ0) is 27.5. The van der Waals surface area contributed by atoms with Crippen LogP contribution in [0.4, 0.5) is 27.6 Å². The van der Waals surface area contributed by atoms with Gasteiger partial charge in [0.25, 0.3) is 0 Å². The molecule has 0 radical (unpaired) electrons. The lowest BCUT2D eigenvalue weighted by atomic mass is 9.97. The number of halogens is 5. The second-order valence-corrected chi connectivity index (χ2v) is 9.90. The average Bonchev–Trinajstić information content (AvgIpc) is 3.53. The topological polar surface area (TPSA) is 67.2 Å². The average molecular weight is 540 g/mol. The third-order valence-electron chi connectivity index (χ3n) is 7.46. The first-order valence-electron chi connectivity index (χ1n) is 12.3. The number of hydrogen-bond acceptors (Lipinski definition) is 3. The van der Waals surface area contributed by atoms with Crippen molar-refractivity contribution < 1.29 is 31.5 Å². The SMILES string of the molecule is O=C1C[C@H](NC(=O)C2(C(F)(F)F)CC2)C(c2cccc(F)c2)N1c1ccc2c(cnn2-c2ccc(F)cc2)c1. The smallest absolute Gasteiger partial charge is 0.350 e.